The van der Waals surface area contributed by atoms with E-state index in [4.69, 9.17) is 18.7 Å². The molecule has 0 aliphatic heterocycles. The zero-order valence-corrected chi connectivity index (χ0v) is 17.4. The van der Waals surface area contributed by atoms with Gasteiger partial charge in [-0.05, 0) is 24.3 Å². The largest absolute Gasteiger partial charge is 0.497 e. The minimum Gasteiger partial charge on any atom is -0.497 e. The van der Waals surface area contributed by atoms with E-state index in [1.807, 2.05) is 0 Å². The molecular formula is C21H23FN4O5. The van der Waals surface area contributed by atoms with Gasteiger partial charge in [-0.25, -0.2) is 9.18 Å². The van der Waals surface area contributed by atoms with Crippen LogP contribution in [-0.4, -0.2) is 48.9 Å². The number of carbonyl (C=O) groups is 1. The number of amides is 2. The second kappa shape index (κ2) is 10.3. The van der Waals surface area contributed by atoms with Crippen molar-refractivity contribution >= 4 is 11.7 Å². The highest BCUT2D eigenvalue weighted by molar-refractivity contribution is 5.89. The first-order chi connectivity index (χ1) is 15.0. The highest BCUT2D eigenvalue weighted by atomic mass is 19.1. The van der Waals surface area contributed by atoms with E-state index < -0.39 is 0 Å². The predicted molar refractivity (Wildman–Crippen MR) is 110 cm³/mol. The van der Waals surface area contributed by atoms with E-state index in [1.54, 1.807) is 25.2 Å². The van der Waals surface area contributed by atoms with Crippen LogP contribution in [0.4, 0.5) is 14.9 Å². The van der Waals surface area contributed by atoms with Crippen LogP contribution in [0.2, 0.25) is 0 Å². The summed E-state index contributed by atoms with van der Waals surface area (Å²) in [4.78, 5) is 18.2. The topological polar surface area (TPSA) is 99.0 Å². The van der Waals surface area contributed by atoms with Crippen LogP contribution in [0.5, 0.6) is 17.2 Å². The van der Waals surface area contributed by atoms with E-state index in [2.05, 4.69) is 15.5 Å². The third kappa shape index (κ3) is 6.33. The number of carbonyl (C=O) groups excluding carboxylic acids is 1. The van der Waals surface area contributed by atoms with Crippen molar-refractivity contribution in [1.82, 2.24) is 15.0 Å². The number of rotatable bonds is 9. The van der Waals surface area contributed by atoms with Crippen LogP contribution in [0, 0.1) is 5.82 Å². The molecular weight excluding hydrogens is 407 g/mol. The number of urea groups is 1. The molecule has 0 atom stereocenters. The minimum absolute atomic E-state index is 0.0621. The van der Waals surface area contributed by atoms with Gasteiger partial charge in [-0.1, -0.05) is 5.16 Å². The molecule has 2 aromatic carbocycles. The Hall–Kier alpha value is -3.82. The number of ether oxygens (including phenoxy) is 3. The summed E-state index contributed by atoms with van der Waals surface area (Å²) in [7, 11) is 4.73. The van der Waals surface area contributed by atoms with E-state index in [0.717, 1.165) is 0 Å². The molecule has 0 bridgehead atoms. The van der Waals surface area contributed by atoms with Crippen molar-refractivity contribution < 1.29 is 27.9 Å². The number of anilines is 1. The molecule has 0 radical (unpaired) electrons. The standard InChI is InChI=1S/C21H23FN4O5/c1-26(21(27)23-15-10-17(28-2)12-18(11-15)29-3)9-8-19-24-20(31-25-19)13-30-16-6-4-14(22)5-7-16/h4-7,10-12H,8-9,13H2,1-3H3,(H,23,27). The van der Waals surface area contributed by atoms with Crippen LogP contribution in [0.3, 0.4) is 0 Å². The van der Waals surface area contributed by atoms with Crippen molar-refractivity contribution in [2.45, 2.75) is 13.0 Å². The Kier molecular flexibility index (Phi) is 7.26. The van der Waals surface area contributed by atoms with Gasteiger partial charge in [0.1, 0.15) is 23.1 Å². The van der Waals surface area contributed by atoms with Gasteiger partial charge in [0.2, 0.25) is 0 Å². The van der Waals surface area contributed by atoms with Gasteiger partial charge in [0.15, 0.2) is 12.4 Å². The maximum absolute atomic E-state index is 12.9. The number of likely N-dealkylation sites (N-methyl/N-ethyl adjacent to an activating group) is 1. The molecule has 9 nitrogen and oxygen atoms in total. The van der Waals surface area contributed by atoms with Gasteiger partial charge in [0.05, 0.1) is 14.2 Å². The lowest BCUT2D eigenvalue weighted by atomic mass is 10.3. The monoisotopic (exact) mass is 430 g/mol. The van der Waals surface area contributed by atoms with Crippen LogP contribution in [0.25, 0.3) is 0 Å². The average molecular weight is 430 g/mol. The first-order valence-electron chi connectivity index (χ1n) is 9.42. The summed E-state index contributed by atoms with van der Waals surface area (Å²) in [6.07, 6.45) is 0.394. The summed E-state index contributed by atoms with van der Waals surface area (Å²) in [6.45, 7) is 0.428. The van der Waals surface area contributed by atoms with E-state index in [9.17, 15) is 9.18 Å². The molecule has 0 unspecified atom stereocenters. The van der Waals surface area contributed by atoms with Gasteiger partial charge < -0.3 is 29.0 Å². The summed E-state index contributed by atoms with van der Waals surface area (Å²) in [5.41, 5.74) is 0.549. The molecule has 0 saturated heterocycles. The first kappa shape index (κ1) is 21.9. The van der Waals surface area contributed by atoms with Crippen molar-refractivity contribution in [2.24, 2.45) is 0 Å². The Morgan fingerprint density at radius 1 is 1.10 bits per heavy atom. The van der Waals surface area contributed by atoms with E-state index >= 15 is 0 Å². The number of aromatic nitrogens is 2. The van der Waals surface area contributed by atoms with Crippen molar-refractivity contribution in [2.75, 3.05) is 33.1 Å². The van der Waals surface area contributed by atoms with Gasteiger partial charge in [0, 0.05) is 43.9 Å². The minimum atomic E-state index is -0.342. The van der Waals surface area contributed by atoms with Crippen molar-refractivity contribution in [3.8, 4) is 17.2 Å². The summed E-state index contributed by atoms with van der Waals surface area (Å²) in [5.74, 6) is 2.02. The Morgan fingerprint density at radius 3 is 2.42 bits per heavy atom. The summed E-state index contributed by atoms with van der Waals surface area (Å²) >= 11 is 0. The fourth-order valence-corrected chi connectivity index (χ4v) is 2.59. The zero-order valence-electron chi connectivity index (χ0n) is 17.4. The molecule has 0 aliphatic carbocycles. The molecule has 3 rings (SSSR count). The van der Waals surface area contributed by atoms with Gasteiger partial charge in [-0.3, -0.25) is 0 Å². The molecule has 1 heterocycles. The lowest BCUT2D eigenvalue weighted by Gasteiger charge is -2.17. The zero-order chi connectivity index (χ0) is 22.2. The number of hydrogen-bond acceptors (Lipinski definition) is 7. The molecule has 10 heteroatoms. The van der Waals surface area contributed by atoms with Gasteiger partial charge in [-0.15, -0.1) is 0 Å². The number of nitrogens with zero attached hydrogens (tertiary/aromatic N) is 3. The molecule has 1 aromatic heterocycles. The first-order valence-corrected chi connectivity index (χ1v) is 9.42. The number of benzene rings is 2. The van der Waals surface area contributed by atoms with Gasteiger partial charge >= 0.3 is 6.03 Å². The second-order valence-corrected chi connectivity index (χ2v) is 6.55. The molecule has 164 valence electrons. The lowest BCUT2D eigenvalue weighted by molar-refractivity contribution is 0.222. The third-order valence-corrected chi connectivity index (χ3v) is 4.31. The number of hydrogen-bond donors (Lipinski definition) is 1. The molecule has 31 heavy (non-hydrogen) atoms. The molecule has 0 aliphatic rings. The molecule has 0 fully saturated rings. The van der Waals surface area contributed by atoms with Crippen molar-refractivity contribution in [3.63, 3.8) is 0 Å². The fraction of sp³-hybridized carbons (Fsp3) is 0.286. The lowest BCUT2D eigenvalue weighted by Crippen LogP contribution is -2.33. The summed E-state index contributed by atoms with van der Waals surface area (Å²) in [5, 5.41) is 6.68. The van der Waals surface area contributed by atoms with Crippen LogP contribution in [-0.2, 0) is 13.0 Å². The fourth-order valence-electron chi connectivity index (χ4n) is 2.59. The Bertz CT molecular complexity index is 987. The van der Waals surface area contributed by atoms with Crippen molar-refractivity contribution in [1.29, 1.82) is 0 Å². The molecule has 0 saturated carbocycles. The van der Waals surface area contributed by atoms with Crippen LogP contribution >= 0.6 is 0 Å². The number of nitrogens with one attached hydrogen (secondary N) is 1. The van der Waals surface area contributed by atoms with E-state index in [-0.39, 0.29) is 24.3 Å². The third-order valence-electron chi connectivity index (χ3n) is 4.31. The average Bonchev–Trinajstić information content (AvgIpc) is 3.24. The quantitative estimate of drug-likeness (QED) is 0.555. The van der Waals surface area contributed by atoms with Crippen LogP contribution < -0.4 is 19.5 Å². The van der Waals surface area contributed by atoms with E-state index in [1.165, 1.54) is 43.4 Å². The highest BCUT2D eigenvalue weighted by Gasteiger charge is 2.13. The molecule has 3 aromatic rings. The smallest absolute Gasteiger partial charge is 0.321 e. The number of methoxy groups -OCH3 is 2. The summed E-state index contributed by atoms with van der Waals surface area (Å²) < 4.78 is 33.9. The molecule has 0 spiro atoms. The molecule has 2 amide bonds. The maximum Gasteiger partial charge on any atom is 0.321 e. The number of halogens is 1. The van der Waals surface area contributed by atoms with Gasteiger partial charge in [0.25, 0.3) is 5.89 Å². The maximum atomic E-state index is 12.9. The summed E-state index contributed by atoms with van der Waals surface area (Å²) in [6, 6.07) is 10.4. The van der Waals surface area contributed by atoms with Crippen LogP contribution in [0.1, 0.15) is 11.7 Å². The van der Waals surface area contributed by atoms with Crippen LogP contribution in [0.15, 0.2) is 47.0 Å². The normalized spacial score (nSPS) is 10.5. The Labute approximate surface area is 178 Å². The second-order valence-electron chi connectivity index (χ2n) is 6.55. The highest BCUT2D eigenvalue weighted by Crippen LogP contribution is 2.25. The van der Waals surface area contributed by atoms with Crippen molar-refractivity contribution in [3.05, 3.63) is 60.0 Å². The Balaban J connectivity index is 1.48. The Morgan fingerprint density at radius 2 is 1.77 bits per heavy atom. The van der Waals surface area contributed by atoms with Gasteiger partial charge in [-0.2, -0.15) is 4.98 Å². The van der Waals surface area contributed by atoms with E-state index in [0.29, 0.717) is 41.7 Å². The predicted octanol–water partition coefficient (Wildman–Crippen LogP) is 3.51. The SMILES string of the molecule is COc1cc(NC(=O)N(C)CCc2noc(COc3ccc(F)cc3)n2)cc(OC)c1. The molecule has 1 N–H and O–H groups in total.